The van der Waals surface area contributed by atoms with Gasteiger partial charge in [-0.15, -0.1) is 11.3 Å². The van der Waals surface area contributed by atoms with Crippen molar-refractivity contribution in [3.05, 3.63) is 41.0 Å². The van der Waals surface area contributed by atoms with E-state index in [9.17, 15) is 9.18 Å². The van der Waals surface area contributed by atoms with Gasteiger partial charge in [-0.1, -0.05) is 0 Å². The summed E-state index contributed by atoms with van der Waals surface area (Å²) in [5.41, 5.74) is 1.96. The zero-order valence-corrected chi connectivity index (χ0v) is 9.84. The average Bonchev–Trinajstić information content (AvgIpc) is 2.66. The highest BCUT2D eigenvalue weighted by atomic mass is 32.1. The standard InChI is InChI=1S/C12H10FNO2S/c1-7-4-5-17-11(7)9-6-8(13)2-3-10(9)14-12(15)16/h2-6,14H,1H3,(H,15,16). The van der Waals surface area contributed by atoms with E-state index in [0.717, 1.165) is 10.4 Å². The maximum atomic E-state index is 13.2. The number of hydrogen-bond donors (Lipinski definition) is 2. The van der Waals surface area contributed by atoms with E-state index in [-0.39, 0.29) is 5.82 Å². The smallest absolute Gasteiger partial charge is 0.409 e. The minimum Gasteiger partial charge on any atom is -0.465 e. The first-order chi connectivity index (χ1) is 8.08. The SMILES string of the molecule is Cc1ccsc1-c1cc(F)ccc1NC(=O)O. The Kier molecular flexibility index (Phi) is 3.10. The molecule has 1 heterocycles. The minimum atomic E-state index is -1.16. The van der Waals surface area contributed by atoms with E-state index in [4.69, 9.17) is 5.11 Å². The van der Waals surface area contributed by atoms with Gasteiger partial charge in [0.05, 0.1) is 5.69 Å². The third-order valence-electron chi connectivity index (χ3n) is 2.33. The first-order valence-electron chi connectivity index (χ1n) is 4.92. The predicted octanol–water partition coefficient (Wildman–Crippen LogP) is 3.95. The molecule has 2 N–H and O–H groups in total. The maximum Gasteiger partial charge on any atom is 0.409 e. The Balaban J connectivity index is 2.54. The lowest BCUT2D eigenvalue weighted by molar-refractivity contribution is 0.210. The van der Waals surface area contributed by atoms with Crippen LogP contribution < -0.4 is 5.32 Å². The van der Waals surface area contributed by atoms with Crippen LogP contribution in [0.5, 0.6) is 0 Å². The largest absolute Gasteiger partial charge is 0.465 e. The molecule has 17 heavy (non-hydrogen) atoms. The third-order valence-corrected chi connectivity index (χ3v) is 3.38. The fraction of sp³-hybridized carbons (Fsp3) is 0.0833. The van der Waals surface area contributed by atoms with Gasteiger partial charge >= 0.3 is 6.09 Å². The molecule has 1 aromatic carbocycles. The van der Waals surface area contributed by atoms with Gasteiger partial charge in [0.2, 0.25) is 0 Å². The Morgan fingerprint density at radius 2 is 2.18 bits per heavy atom. The summed E-state index contributed by atoms with van der Waals surface area (Å²) >= 11 is 1.45. The second-order valence-electron chi connectivity index (χ2n) is 3.55. The van der Waals surface area contributed by atoms with Crippen molar-refractivity contribution in [2.45, 2.75) is 6.92 Å². The number of rotatable bonds is 2. The van der Waals surface area contributed by atoms with Crippen molar-refractivity contribution in [1.82, 2.24) is 0 Å². The molecule has 88 valence electrons. The van der Waals surface area contributed by atoms with Crippen LogP contribution in [0, 0.1) is 12.7 Å². The van der Waals surface area contributed by atoms with Gasteiger partial charge in [0.1, 0.15) is 5.82 Å². The van der Waals surface area contributed by atoms with Crippen LogP contribution in [0.1, 0.15) is 5.56 Å². The van der Waals surface area contributed by atoms with Crippen molar-refractivity contribution in [2.75, 3.05) is 5.32 Å². The summed E-state index contributed by atoms with van der Waals surface area (Å²) < 4.78 is 13.2. The zero-order chi connectivity index (χ0) is 12.4. The minimum absolute atomic E-state index is 0.385. The average molecular weight is 251 g/mol. The normalized spacial score (nSPS) is 10.2. The lowest BCUT2D eigenvalue weighted by Gasteiger charge is -2.08. The number of amides is 1. The third kappa shape index (κ3) is 2.45. The molecule has 0 spiro atoms. The molecule has 0 saturated carbocycles. The summed E-state index contributed by atoms with van der Waals surface area (Å²) in [6.45, 7) is 1.90. The molecule has 0 fully saturated rings. The van der Waals surface area contributed by atoms with Crippen LogP contribution >= 0.6 is 11.3 Å². The summed E-state index contributed by atoms with van der Waals surface area (Å²) in [4.78, 5) is 11.5. The Hall–Kier alpha value is -1.88. The molecule has 0 aliphatic carbocycles. The number of carboxylic acid groups (broad SMARTS) is 1. The molecule has 0 saturated heterocycles. The van der Waals surface area contributed by atoms with Crippen LogP contribution in [-0.2, 0) is 0 Å². The highest BCUT2D eigenvalue weighted by Crippen LogP contribution is 2.35. The molecule has 3 nitrogen and oxygen atoms in total. The summed E-state index contributed by atoms with van der Waals surface area (Å²) in [5, 5.41) is 12.9. The van der Waals surface area contributed by atoms with E-state index in [2.05, 4.69) is 5.32 Å². The maximum absolute atomic E-state index is 13.2. The van der Waals surface area contributed by atoms with E-state index in [1.807, 2.05) is 18.4 Å². The second-order valence-corrected chi connectivity index (χ2v) is 4.47. The van der Waals surface area contributed by atoms with Crippen molar-refractivity contribution in [3.63, 3.8) is 0 Å². The molecule has 1 amide bonds. The summed E-state index contributed by atoms with van der Waals surface area (Å²) in [5.74, 6) is -0.385. The monoisotopic (exact) mass is 251 g/mol. The fourth-order valence-electron chi connectivity index (χ4n) is 1.58. The number of nitrogens with one attached hydrogen (secondary N) is 1. The van der Waals surface area contributed by atoms with Gasteiger partial charge in [0, 0.05) is 10.4 Å². The number of hydrogen-bond acceptors (Lipinski definition) is 2. The number of anilines is 1. The van der Waals surface area contributed by atoms with Crippen LogP contribution in [0.15, 0.2) is 29.6 Å². The van der Waals surface area contributed by atoms with Gasteiger partial charge in [-0.05, 0) is 42.1 Å². The Bertz CT molecular complexity index is 565. The molecule has 0 unspecified atom stereocenters. The number of aryl methyl sites for hydroxylation is 1. The molecule has 0 atom stereocenters. The number of carbonyl (C=O) groups is 1. The lowest BCUT2D eigenvalue weighted by atomic mass is 10.1. The highest BCUT2D eigenvalue weighted by molar-refractivity contribution is 7.13. The Labute approximate surface area is 102 Å². The lowest BCUT2D eigenvalue weighted by Crippen LogP contribution is -2.08. The van der Waals surface area contributed by atoms with Crippen LogP contribution in [-0.4, -0.2) is 11.2 Å². The van der Waals surface area contributed by atoms with E-state index in [1.54, 1.807) is 0 Å². The van der Waals surface area contributed by atoms with Crippen LogP contribution in [0.4, 0.5) is 14.9 Å². The zero-order valence-electron chi connectivity index (χ0n) is 9.03. The summed E-state index contributed by atoms with van der Waals surface area (Å²) in [6, 6.07) is 5.91. The molecule has 0 aliphatic heterocycles. The first kappa shape index (κ1) is 11.6. The van der Waals surface area contributed by atoms with Crippen LogP contribution in [0.25, 0.3) is 10.4 Å². The van der Waals surface area contributed by atoms with E-state index < -0.39 is 6.09 Å². The summed E-state index contributed by atoms with van der Waals surface area (Å²) in [7, 11) is 0. The number of benzene rings is 1. The first-order valence-corrected chi connectivity index (χ1v) is 5.80. The molecule has 2 rings (SSSR count). The van der Waals surface area contributed by atoms with Gasteiger partial charge in [-0.3, -0.25) is 5.32 Å². The van der Waals surface area contributed by atoms with Crippen molar-refractivity contribution in [1.29, 1.82) is 0 Å². The van der Waals surface area contributed by atoms with E-state index >= 15 is 0 Å². The number of halogens is 1. The quantitative estimate of drug-likeness (QED) is 0.849. The molecular formula is C12H10FNO2S. The van der Waals surface area contributed by atoms with Gasteiger partial charge in [0.15, 0.2) is 0 Å². The second kappa shape index (κ2) is 4.55. The van der Waals surface area contributed by atoms with Gasteiger partial charge in [-0.25, -0.2) is 9.18 Å². The van der Waals surface area contributed by atoms with Gasteiger partial charge in [-0.2, -0.15) is 0 Å². The highest BCUT2D eigenvalue weighted by Gasteiger charge is 2.11. The van der Waals surface area contributed by atoms with Crippen molar-refractivity contribution < 1.29 is 14.3 Å². The topological polar surface area (TPSA) is 49.3 Å². The molecular weight excluding hydrogens is 241 g/mol. The molecule has 1 aromatic heterocycles. The molecule has 0 aliphatic rings. The number of thiophene rings is 1. The predicted molar refractivity (Wildman–Crippen MR) is 66.1 cm³/mol. The fourth-order valence-corrected chi connectivity index (χ4v) is 2.54. The molecule has 0 bridgehead atoms. The Morgan fingerprint density at radius 3 is 2.76 bits per heavy atom. The van der Waals surface area contributed by atoms with Crippen LogP contribution in [0.2, 0.25) is 0 Å². The van der Waals surface area contributed by atoms with Gasteiger partial charge in [0.25, 0.3) is 0 Å². The molecule has 0 radical (unpaired) electrons. The van der Waals surface area contributed by atoms with Crippen molar-refractivity contribution in [2.24, 2.45) is 0 Å². The molecule has 5 heteroatoms. The van der Waals surface area contributed by atoms with Crippen molar-refractivity contribution >= 4 is 23.1 Å². The molecule has 2 aromatic rings. The van der Waals surface area contributed by atoms with Crippen molar-refractivity contribution in [3.8, 4) is 10.4 Å². The van der Waals surface area contributed by atoms with E-state index in [1.165, 1.54) is 29.5 Å². The summed E-state index contributed by atoms with van der Waals surface area (Å²) in [6.07, 6.45) is -1.16. The Morgan fingerprint density at radius 1 is 1.41 bits per heavy atom. The van der Waals surface area contributed by atoms with E-state index in [0.29, 0.717) is 11.3 Å². The van der Waals surface area contributed by atoms with Gasteiger partial charge < -0.3 is 5.11 Å². The van der Waals surface area contributed by atoms with Crippen LogP contribution in [0.3, 0.4) is 0 Å².